The molecule has 0 aliphatic heterocycles. The van der Waals surface area contributed by atoms with E-state index < -0.39 is 11.9 Å². The lowest BCUT2D eigenvalue weighted by Gasteiger charge is -2.10. The average molecular weight is 299 g/mol. The number of hydrogen-bond donors (Lipinski definition) is 2. The topological polar surface area (TPSA) is 89.6 Å². The predicted molar refractivity (Wildman–Crippen MR) is 82.4 cm³/mol. The van der Waals surface area contributed by atoms with Crippen LogP contribution in [0.3, 0.4) is 0 Å². The molecule has 2 rings (SSSR count). The summed E-state index contributed by atoms with van der Waals surface area (Å²) in [4.78, 5) is 22.7. The summed E-state index contributed by atoms with van der Waals surface area (Å²) in [5.41, 5.74) is 8.01. The Morgan fingerprint density at radius 3 is 2.45 bits per heavy atom. The number of aliphatic carboxylic acids is 1. The molecule has 2 aromatic carbocycles. The normalized spacial score (nSPS) is 10.2. The summed E-state index contributed by atoms with van der Waals surface area (Å²) in [6.45, 7) is 0.165. The molecule has 0 fully saturated rings. The molecular formula is C17H17NO4. The van der Waals surface area contributed by atoms with Gasteiger partial charge in [-0.2, -0.15) is 0 Å². The lowest BCUT2D eigenvalue weighted by Crippen LogP contribution is -2.10. The van der Waals surface area contributed by atoms with Gasteiger partial charge in [0, 0.05) is 12.1 Å². The number of hydrogen-bond acceptors (Lipinski definition) is 4. The quantitative estimate of drug-likeness (QED) is 0.632. The first-order valence-corrected chi connectivity index (χ1v) is 6.88. The van der Waals surface area contributed by atoms with Gasteiger partial charge in [0.1, 0.15) is 6.61 Å². The minimum absolute atomic E-state index is 0.0350. The molecule has 3 N–H and O–H groups in total. The van der Waals surface area contributed by atoms with Gasteiger partial charge in [0.25, 0.3) is 0 Å². The highest BCUT2D eigenvalue weighted by molar-refractivity contribution is 5.95. The zero-order valence-corrected chi connectivity index (χ0v) is 12.0. The number of aryl methyl sites for hydroxylation is 1. The molecule has 0 aromatic heterocycles. The Balaban J connectivity index is 2.06. The van der Waals surface area contributed by atoms with E-state index in [1.807, 2.05) is 30.3 Å². The van der Waals surface area contributed by atoms with Gasteiger partial charge < -0.3 is 15.6 Å². The number of nitrogens with two attached hydrogens (primary N) is 1. The number of esters is 1. The molecular weight excluding hydrogens is 282 g/mol. The van der Waals surface area contributed by atoms with Gasteiger partial charge >= 0.3 is 11.9 Å². The Bertz CT molecular complexity index is 668. The highest BCUT2D eigenvalue weighted by Gasteiger charge is 2.14. The summed E-state index contributed by atoms with van der Waals surface area (Å²) in [5.74, 6) is -1.42. The lowest BCUT2D eigenvalue weighted by molar-refractivity contribution is -0.136. The smallest absolute Gasteiger partial charge is 0.340 e. The number of carboxylic acids is 1. The molecule has 0 atom stereocenters. The van der Waals surface area contributed by atoms with Gasteiger partial charge in [0.05, 0.1) is 5.56 Å². The van der Waals surface area contributed by atoms with E-state index in [1.165, 1.54) is 0 Å². The second-order valence-corrected chi connectivity index (χ2v) is 4.83. The zero-order chi connectivity index (χ0) is 15.9. The van der Waals surface area contributed by atoms with Crippen LogP contribution in [-0.2, 0) is 22.6 Å². The fourth-order valence-electron chi connectivity index (χ4n) is 2.05. The summed E-state index contributed by atoms with van der Waals surface area (Å²) in [6, 6.07) is 14.3. The molecule has 0 unspecified atom stereocenters. The van der Waals surface area contributed by atoms with Crippen molar-refractivity contribution in [3.05, 3.63) is 65.2 Å². The van der Waals surface area contributed by atoms with Crippen molar-refractivity contribution in [1.29, 1.82) is 0 Å². The van der Waals surface area contributed by atoms with Crippen LogP contribution < -0.4 is 5.73 Å². The Morgan fingerprint density at radius 2 is 1.77 bits per heavy atom. The maximum absolute atomic E-state index is 12.1. The van der Waals surface area contributed by atoms with E-state index in [4.69, 9.17) is 15.6 Å². The lowest BCUT2D eigenvalue weighted by atomic mass is 10.0. The van der Waals surface area contributed by atoms with Crippen LogP contribution in [0.25, 0.3) is 0 Å². The van der Waals surface area contributed by atoms with Crippen molar-refractivity contribution in [3.63, 3.8) is 0 Å². The molecule has 5 nitrogen and oxygen atoms in total. The van der Waals surface area contributed by atoms with E-state index in [1.54, 1.807) is 18.2 Å². The molecule has 2 aromatic rings. The first-order valence-electron chi connectivity index (χ1n) is 6.88. The van der Waals surface area contributed by atoms with Gasteiger partial charge in [-0.3, -0.25) is 4.79 Å². The van der Waals surface area contributed by atoms with Crippen LogP contribution in [0.2, 0.25) is 0 Å². The summed E-state index contributed by atoms with van der Waals surface area (Å²) >= 11 is 0. The molecule has 0 heterocycles. The second-order valence-electron chi connectivity index (χ2n) is 4.83. The molecule has 0 radical (unpaired) electrons. The number of anilines is 1. The van der Waals surface area contributed by atoms with E-state index in [0.717, 1.165) is 5.56 Å². The maximum Gasteiger partial charge on any atom is 0.340 e. The fraction of sp³-hybridized carbons (Fsp3) is 0.176. The van der Waals surface area contributed by atoms with Crippen molar-refractivity contribution in [2.24, 2.45) is 0 Å². The van der Waals surface area contributed by atoms with Crippen LogP contribution >= 0.6 is 0 Å². The van der Waals surface area contributed by atoms with Crippen LogP contribution in [0.15, 0.2) is 48.5 Å². The number of benzene rings is 2. The van der Waals surface area contributed by atoms with Crippen molar-refractivity contribution in [1.82, 2.24) is 0 Å². The molecule has 0 bridgehead atoms. The molecule has 114 valence electrons. The van der Waals surface area contributed by atoms with Crippen molar-refractivity contribution < 1.29 is 19.4 Å². The Morgan fingerprint density at radius 1 is 1.05 bits per heavy atom. The van der Waals surface area contributed by atoms with Crippen molar-refractivity contribution in [3.8, 4) is 0 Å². The monoisotopic (exact) mass is 299 g/mol. The van der Waals surface area contributed by atoms with Crippen LogP contribution in [0, 0.1) is 0 Å². The predicted octanol–water partition coefficient (Wildman–Crippen LogP) is 2.64. The zero-order valence-electron chi connectivity index (χ0n) is 12.0. The van der Waals surface area contributed by atoms with Crippen molar-refractivity contribution >= 4 is 17.6 Å². The van der Waals surface area contributed by atoms with Gasteiger partial charge in [0.2, 0.25) is 0 Å². The van der Waals surface area contributed by atoms with Crippen LogP contribution in [0.5, 0.6) is 0 Å². The number of carbonyl (C=O) groups excluding carboxylic acids is 1. The standard InChI is InChI=1S/C17H17NO4/c18-16-13(9-10-15(19)20)7-4-8-14(16)17(21)22-11-12-5-2-1-3-6-12/h1-8H,9-11,18H2,(H,19,20). The largest absolute Gasteiger partial charge is 0.481 e. The third-order valence-electron chi connectivity index (χ3n) is 3.24. The highest BCUT2D eigenvalue weighted by Crippen LogP contribution is 2.20. The van der Waals surface area contributed by atoms with E-state index in [-0.39, 0.29) is 30.7 Å². The molecule has 0 amide bonds. The number of para-hydroxylation sites is 1. The highest BCUT2D eigenvalue weighted by atomic mass is 16.5. The number of carboxylic acid groups (broad SMARTS) is 1. The van der Waals surface area contributed by atoms with Crippen LogP contribution in [-0.4, -0.2) is 17.0 Å². The van der Waals surface area contributed by atoms with Crippen LogP contribution in [0.1, 0.15) is 27.9 Å². The molecule has 0 saturated heterocycles. The minimum Gasteiger partial charge on any atom is -0.481 e. The third-order valence-corrected chi connectivity index (χ3v) is 3.24. The number of carbonyl (C=O) groups is 2. The summed E-state index contributed by atoms with van der Waals surface area (Å²) in [7, 11) is 0. The van der Waals surface area contributed by atoms with Gasteiger partial charge in [-0.05, 0) is 23.6 Å². The summed E-state index contributed by atoms with van der Waals surface area (Å²) < 4.78 is 5.24. The SMILES string of the molecule is Nc1c(CCC(=O)O)cccc1C(=O)OCc1ccccc1. The van der Waals surface area contributed by atoms with Gasteiger partial charge in [-0.15, -0.1) is 0 Å². The van der Waals surface area contributed by atoms with Crippen molar-refractivity contribution in [2.75, 3.05) is 5.73 Å². The minimum atomic E-state index is -0.906. The first kappa shape index (κ1) is 15.6. The van der Waals surface area contributed by atoms with E-state index in [2.05, 4.69) is 0 Å². The number of rotatable bonds is 6. The summed E-state index contributed by atoms with van der Waals surface area (Å²) in [6.07, 6.45) is 0.244. The van der Waals surface area contributed by atoms with Gasteiger partial charge in [-0.1, -0.05) is 42.5 Å². The molecule has 0 spiro atoms. The van der Waals surface area contributed by atoms with E-state index in [0.29, 0.717) is 5.56 Å². The molecule has 5 heteroatoms. The van der Waals surface area contributed by atoms with Crippen LogP contribution in [0.4, 0.5) is 5.69 Å². The third kappa shape index (κ3) is 4.09. The fourth-order valence-corrected chi connectivity index (χ4v) is 2.05. The first-order chi connectivity index (χ1) is 10.6. The molecule has 0 aliphatic carbocycles. The van der Waals surface area contributed by atoms with Gasteiger partial charge in [-0.25, -0.2) is 4.79 Å². The number of ether oxygens (including phenoxy) is 1. The molecule has 22 heavy (non-hydrogen) atoms. The van der Waals surface area contributed by atoms with Gasteiger partial charge in [0.15, 0.2) is 0 Å². The molecule has 0 aliphatic rings. The Labute approximate surface area is 128 Å². The maximum atomic E-state index is 12.1. The summed E-state index contributed by atoms with van der Waals surface area (Å²) in [5, 5.41) is 8.72. The number of nitrogen functional groups attached to an aromatic ring is 1. The van der Waals surface area contributed by atoms with Crippen molar-refractivity contribution in [2.45, 2.75) is 19.4 Å². The Kier molecular flexibility index (Phi) is 5.14. The van der Waals surface area contributed by atoms with E-state index >= 15 is 0 Å². The van der Waals surface area contributed by atoms with E-state index in [9.17, 15) is 9.59 Å². The second kappa shape index (κ2) is 7.26. The molecule has 0 saturated carbocycles. The average Bonchev–Trinajstić information content (AvgIpc) is 2.52. The Hall–Kier alpha value is -2.82.